The zero-order chi connectivity index (χ0) is 18.3. The summed E-state index contributed by atoms with van der Waals surface area (Å²) in [6.07, 6.45) is 0.495. The molecule has 1 aliphatic heterocycles. The lowest BCUT2D eigenvalue weighted by Crippen LogP contribution is -2.55. The molecule has 1 aromatic heterocycles. The molecule has 2 aromatic carbocycles. The number of carbonyl (C=O) groups excluding carboxylic acids is 1. The molecule has 4 rings (SSSR count). The van der Waals surface area contributed by atoms with Gasteiger partial charge in [0.25, 0.3) is 5.91 Å². The molecule has 1 saturated heterocycles. The number of hydrogen-bond acceptors (Lipinski definition) is 3. The lowest BCUT2D eigenvalue weighted by molar-refractivity contribution is -0.146. The SMILES string of the molecule is Cc1ccc(-c2cc(C(=O)N3CC[C@H]3C(=O)O)c3ccccc3n2)cc1. The van der Waals surface area contributed by atoms with E-state index in [-0.39, 0.29) is 5.91 Å². The Morgan fingerprint density at radius 3 is 2.50 bits per heavy atom. The van der Waals surface area contributed by atoms with E-state index in [9.17, 15) is 14.7 Å². The first-order chi connectivity index (χ1) is 12.5. The number of amides is 1. The summed E-state index contributed by atoms with van der Waals surface area (Å²) in [4.78, 5) is 30.4. The first kappa shape index (κ1) is 16.3. The van der Waals surface area contributed by atoms with Crippen LogP contribution in [0.3, 0.4) is 0 Å². The topological polar surface area (TPSA) is 70.5 Å². The second-order valence-electron chi connectivity index (χ2n) is 6.58. The van der Waals surface area contributed by atoms with Crippen LogP contribution in [0.4, 0.5) is 0 Å². The average Bonchev–Trinajstić information content (AvgIpc) is 2.60. The number of nitrogens with zero attached hydrogens (tertiary/aromatic N) is 2. The highest BCUT2D eigenvalue weighted by Gasteiger charge is 2.38. The summed E-state index contributed by atoms with van der Waals surface area (Å²) in [6.45, 7) is 2.48. The molecule has 1 aliphatic rings. The maximum absolute atomic E-state index is 13.0. The van der Waals surface area contributed by atoms with Crippen LogP contribution in [-0.2, 0) is 4.79 Å². The molecule has 0 unspecified atom stereocenters. The quantitative estimate of drug-likeness (QED) is 0.788. The smallest absolute Gasteiger partial charge is 0.326 e. The molecule has 5 nitrogen and oxygen atoms in total. The van der Waals surface area contributed by atoms with Crippen LogP contribution in [0.1, 0.15) is 22.3 Å². The second-order valence-corrected chi connectivity index (χ2v) is 6.58. The maximum atomic E-state index is 13.0. The molecular weight excluding hydrogens is 328 g/mol. The minimum Gasteiger partial charge on any atom is -0.480 e. The van der Waals surface area contributed by atoms with Gasteiger partial charge in [-0.15, -0.1) is 0 Å². The summed E-state index contributed by atoms with van der Waals surface area (Å²) >= 11 is 0. The van der Waals surface area contributed by atoms with Crippen molar-refractivity contribution >= 4 is 22.8 Å². The van der Waals surface area contributed by atoms with E-state index in [2.05, 4.69) is 4.98 Å². The number of aryl methyl sites for hydroxylation is 1. The van der Waals surface area contributed by atoms with Gasteiger partial charge in [0.05, 0.1) is 16.8 Å². The molecule has 0 radical (unpaired) electrons. The predicted octanol–water partition coefficient (Wildman–Crippen LogP) is 3.51. The number of aliphatic carboxylic acids is 1. The number of likely N-dealkylation sites (tertiary alicyclic amines) is 1. The molecule has 0 spiro atoms. The van der Waals surface area contributed by atoms with Gasteiger partial charge in [-0.1, -0.05) is 48.0 Å². The second kappa shape index (κ2) is 6.26. The molecule has 0 aliphatic carbocycles. The Hall–Kier alpha value is -3.21. The fourth-order valence-corrected chi connectivity index (χ4v) is 3.27. The van der Waals surface area contributed by atoms with Crippen LogP contribution >= 0.6 is 0 Å². The zero-order valence-corrected chi connectivity index (χ0v) is 14.3. The van der Waals surface area contributed by atoms with E-state index in [1.54, 1.807) is 6.07 Å². The monoisotopic (exact) mass is 346 g/mol. The number of carboxylic acid groups (broad SMARTS) is 1. The molecule has 130 valence electrons. The average molecular weight is 346 g/mol. The predicted molar refractivity (Wildman–Crippen MR) is 99.0 cm³/mol. The lowest BCUT2D eigenvalue weighted by Gasteiger charge is -2.38. The van der Waals surface area contributed by atoms with E-state index in [1.165, 1.54) is 4.90 Å². The number of hydrogen-bond donors (Lipinski definition) is 1. The molecule has 2 heterocycles. The van der Waals surface area contributed by atoms with Crippen molar-refractivity contribution in [1.29, 1.82) is 0 Å². The molecule has 1 atom stereocenters. The van der Waals surface area contributed by atoms with Gasteiger partial charge in [-0.3, -0.25) is 4.79 Å². The third-order valence-electron chi connectivity index (χ3n) is 4.86. The summed E-state index contributed by atoms with van der Waals surface area (Å²) in [5, 5.41) is 10.0. The number of aromatic nitrogens is 1. The van der Waals surface area contributed by atoms with Gasteiger partial charge in [0, 0.05) is 17.5 Å². The van der Waals surface area contributed by atoms with Gasteiger partial charge in [-0.05, 0) is 25.5 Å². The first-order valence-corrected chi connectivity index (χ1v) is 8.55. The van der Waals surface area contributed by atoms with E-state index >= 15 is 0 Å². The Morgan fingerprint density at radius 1 is 1.12 bits per heavy atom. The number of carbonyl (C=O) groups is 2. The van der Waals surface area contributed by atoms with Crippen LogP contribution in [0.15, 0.2) is 54.6 Å². The Kier molecular flexibility index (Phi) is 3.92. The van der Waals surface area contributed by atoms with Crippen molar-refractivity contribution in [3.05, 3.63) is 65.7 Å². The van der Waals surface area contributed by atoms with Crippen molar-refractivity contribution in [3.63, 3.8) is 0 Å². The molecule has 1 amide bonds. The summed E-state index contributed by atoms with van der Waals surface area (Å²) in [5.74, 6) is -1.21. The molecule has 3 aromatic rings. The van der Waals surface area contributed by atoms with Crippen LogP contribution < -0.4 is 0 Å². The van der Waals surface area contributed by atoms with Gasteiger partial charge < -0.3 is 10.0 Å². The molecule has 1 N–H and O–H groups in total. The van der Waals surface area contributed by atoms with Crippen LogP contribution in [0.25, 0.3) is 22.2 Å². The summed E-state index contributed by atoms with van der Waals surface area (Å²) < 4.78 is 0. The molecule has 26 heavy (non-hydrogen) atoms. The van der Waals surface area contributed by atoms with Gasteiger partial charge >= 0.3 is 5.97 Å². The molecule has 0 bridgehead atoms. The molecule has 0 saturated carbocycles. The summed E-state index contributed by atoms with van der Waals surface area (Å²) in [5.41, 5.74) is 4.00. The van der Waals surface area contributed by atoms with E-state index in [0.717, 1.165) is 22.0 Å². The summed E-state index contributed by atoms with van der Waals surface area (Å²) in [7, 11) is 0. The van der Waals surface area contributed by atoms with Crippen molar-refractivity contribution in [3.8, 4) is 11.3 Å². The van der Waals surface area contributed by atoms with Crippen molar-refractivity contribution in [2.24, 2.45) is 0 Å². The van der Waals surface area contributed by atoms with E-state index in [0.29, 0.717) is 24.2 Å². The third-order valence-corrected chi connectivity index (χ3v) is 4.86. The van der Waals surface area contributed by atoms with Gasteiger partial charge in [0.15, 0.2) is 0 Å². The van der Waals surface area contributed by atoms with Crippen LogP contribution in [0.5, 0.6) is 0 Å². The Balaban J connectivity index is 1.84. The number of carboxylic acids is 1. The van der Waals surface area contributed by atoms with E-state index in [4.69, 9.17) is 0 Å². The highest BCUT2D eigenvalue weighted by atomic mass is 16.4. The highest BCUT2D eigenvalue weighted by Crippen LogP contribution is 2.28. The molecule has 5 heteroatoms. The Labute approximate surface area is 150 Å². The number of pyridine rings is 1. The van der Waals surface area contributed by atoms with Crippen molar-refractivity contribution in [2.75, 3.05) is 6.54 Å². The normalized spacial score (nSPS) is 16.3. The van der Waals surface area contributed by atoms with Crippen LogP contribution in [0, 0.1) is 6.92 Å². The minimum atomic E-state index is -0.957. The van der Waals surface area contributed by atoms with E-state index < -0.39 is 12.0 Å². The zero-order valence-electron chi connectivity index (χ0n) is 14.3. The fraction of sp³-hybridized carbons (Fsp3) is 0.190. The number of benzene rings is 2. The van der Waals surface area contributed by atoms with Gasteiger partial charge in [0.2, 0.25) is 0 Å². The Morgan fingerprint density at radius 2 is 1.85 bits per heavy atom. The minimum absolute atomic E-state index is 0.254. The highest BCUT2D eigenvalue weighted by molar-refractivity contribution is 6.08. The first-order valence-electron chi connectivity index (χ1n) is 8.55. The Bertz CT molecular complexity index is 1010. The third kappa shape index (κ3) is 2.71. The summed E-state index contributed by atoms with van der Waals surface area (Å²) in [6, 6.07) is 16.5. The maximum Gasteiger partial charge on any atom is 0.326 e. The number of fused-ring (bicyclic) bond motifs is 1. The molecule has 1 fully saturated rings. The van der Waals surface area contributed by atoms with Crippen molar-refractivity contribution < 1.29 is 14.7 Å². The van der Waals surface area contributed by atoms with Gasteiger partial charge in [-0.2, -0.15) is 0 Å². The number of para-hydroxylation sites is 1. The number of rotatable bonds is 3. The van der Waals surface area contributed by atoms with Crippen LogP contribution in [0.2, 0.25) is 0 Å². The lowest BCUT2D eigenvalue weighted by atomic mass is 9.98. The fourth-order valence-electron chi connectivity index (χ4n) is 3.27. The van der Waals surface area contributed by atoms with Gasteiger partial charge in [-0.25, -0.2) is 9.78 Å². The van der Waals surface area contributed by atoms with Crippen molar-refractivity contribution in [1.82, 2.24) is 9.88 Å². The molecular formula is C21H18N2O3. The van der Waals surface area contributed by atoms with Crippen LogP contribution in [-0.4, -0.2) is 39.5 Å². The van der Waals surface area contributed by atoms with Gasteiger partial charge in [0.1, 0.15) is 6.04 Å². The van der Waals surface area contributed by atoms with E-state index in [1.807, 2.05) is 55.5 Å². The largest absolute Gasteiger partial charge is 0.480 e. The van der Waals surface area contributed by atoms with Crippen molar-refractivity contribution in [2.45, 2.75) is 19.4 Å². The standard InChI is InChI=1S/C21H18N2O3/c1-13-6-8-14(9-7-13)18-12-16(15-4-2-3-5-17(15)22-18)20(24)23-11-10-19(23)21(25)26/h2-9,12,19H,10-11H2,1H3,(H,25,26)/t19-/m0/s1.